The van der Waals surface area contributed by atoms with Crippen LogP contribution in [0.2, 0.25) is 5.15 Å². The number of nitrogens with zero attached hydrogens (tertiary/aromatic N) is 3. The largest absolute Gasteiger partial charge is 0.396 e. The molecule has 0 spiro atoms. The van der Waals surface area contributed by atoms with Gasteiger partial charge in [0.2, 0.25) is 0 Å². The molecule has 2 aromatic rings. The molecule has 1 aliphatic rings. The van der Waals surface area contributed by atoms with E-state index in [1.807, 2.05) is 19.2 Å². The Morgan fingerprint density at radius 1 is 1.26 bits per heavy atom. The van der Waals surface area contributed by atoms with Crippen LogP contribution < -0.4 is 4.90 Å². The van der Waals surface area contributed by atoms with Crippen molar-refractivity contribution in [3.63, 3.8) is 0 Å². The van der Waals surface area contributed by atoms with E-state index in [0.29, 0.717) is 11.2 Å². The van der Waals surface area contributed by atoms with Gasteiger partial charge in [-0.05, 0) is 36.3 Å². The normalized spacial score (nSPS) is 19.2. The van der Waals surface area contributed by atoms with Crippen molar-refractivity contribution in [3.8, 4) is 0 Å². The molecule has 5 nitrogen and oxygen atoms in total. The molecule has 2 N–H and O–H groups in total. The Morgan fingerprint density at radius 3 is 2.57 bits per heavy atom. The molecule has 0 aromatic carbocycles. The van der Waals surface area contributed by atoms with Crippen LogP contribution in [0.4, 0.5) is 5.82 Å². The zero-order chi connectivity index (χ0) is 16.6. The highest BCUT2D eigenvalue weighted by atomic mass is 35.5. The number of rotatable bonds is 5. The molecule has 3 heterocycles. The van der Waals surface area contributed by atoms with Crippen molar-refractivity contribution in [3.05, 3.63) is 29.2 Å². The Hall–Kier alpha value is -1.43. The summed E-state index contributed by atoms with van der Waals surface area (Å²) in [5.74, 6) is 0.686. The third-order valence-corrected chi connectivity index (χ3v) is 5.21. The van der Waals surface area contributed by atoms with Gasteiger partial charge in [0, 0.05) is 49.5 Å². The van der Waals surface area contributed by atoms with Crippen molar-refractivity contribution in [1.82, 2.24) is 9.97 Å². The summed E-state index contributed by atoms with van der Waals surface area (Å²) in [5, 5.41) is 21.4. The SMILES string of the molecule is CC(c1cnc(N2CC[C@H]2C)c2cnc(Cl)cc12)C(CO)CO. The van der Waals surface area contributed by atoms with Crippen LogP contribution in [0.5, 0.6) is 0 Å². The van der Waals surface area contributed by atoms with Gasteiger partial charge in [-0.3, -0.25) is 0 Å². The zero-order valence-corrected chi connectivity index (χ0v) is 14.2. The molecule has 0 radical (unpaired) electrons. The number of fused-ring (bicyclic) bond motifs is 1. The van der Waals surface area contributed by atoms with Gasteiger partial charge in [0.05, 0.1) is 0 Å². The van der Waals surface area contributed by atoms with Gasteiger partial charge < -0.3 is 15.1 Å². The first-order valence-electron chi connectivity index (χ1n) is 7.99. The Labute approximate surface area is 140 Å². The number of anilines is 1. The molecule has 1 fully saturated rings. The van der Waals surface area contributed by atoms with Crippen molar-refractivity contribution in [2.75, 3.05) is 24.7 Å². The van der Waals surface area contributed by atoms with Crippen molar-refractivity contribution >= 4 is 28.2 Å². The minimum Gasteiger partial charge on any atom is -0.396 e. The van der Waals surface area contributed by atoms with Gasteiger partial charge in [-0.2, -0.15) is 0 Å². The summed E-state index contributed by atoms with van der Waals surface area (Å²) in [6.07, 6.45) is 4.79. The first-order valence-corrected chi connectivity index (χ1v) is 8.37. The van der Waals surface area contributed by atoms with Gasteiger partial charge in [-0.1, -0.05) is 18.5 Å². The van der Waals surface area contributed by atoms with Crippen LogP contribution in [0, 0.1) is 5.92 Å². The van der Waals surface area contributed by atoms with Gasteiger partial charge in [0.15, 0.2) is 0 Å². The molecular weight excluding hydrogens is 314 g/mol. The van der Waals surface area contributed by atoms with E-state index >= 15 is 0 Å². The van der Waals surface area contributed by atoms with E-state index in [4.69, 9.17) is 11.6 Å². The minimum atomic E-state index is -0.222. The molecule has 2 atom stereocenters. The van der Waals surface area contributed by atoms with E-state index < -0.39 is 0 Å². The van der Waals surface area contributed by atoms with Crippen LogP contribution in [0.25, 0.3) is 10.8 Å². The highest BCUT2D eigenvalue weighted by Crippen LogP contribution is 2.37. The summed E-state index contributed by atoms with van der Waals surface area (Å²) in [4.78, 5) is 11.1. The van der Waals surface area contributed by atoms with Crippen LogP contribution in [0.3, 0.4) is 0 Å². The van der Waals surface area contributed by atoms with Crippen molar-refractivity contribution in [2.24, 2.45) is 5.92 Å². The van der Waals surface area contributed by atoms with Crippen molar-refractivity contribution < 1.29 is 10.2 Å². The molecule has 0 bridgehead atoms. The number of aliphatic hydroxyl groups excluding tert-OH is 2. The van der Waals surface area contributed by atoms with Gasteiger partial charge in [0.1, 0.15) is 11.0 Å². The fourth-order valence-electron chi connectivity index (χ4n) is 3.17. The fourth-order valence-corrected chi connectivity index (χ4v) is 3.33. The van der Waals surface area contributed by atoms with E-state index in [0.717, 1.165) is 28.7 Å². The lowest BCUT2D eigenvalue weighted by atomic mass is 9.87. The van der Waals surface area contributed by atoms with E-state index in [1.165, 1.54) is 6.42 Å². The third kappa shape index (κ3) is 2.89. The number of halogens is 1. The fraction of sp³-hybridized carbons (Fsp3) is 0.529. The number of hydrogen-bond donors (Lipinski definition) is 2. The first kappa shape index (κ1) is 16.4. The van der Waals surface area contributed by atoms with E-state index in [9.17, 15) is 10.2 Å². The second-order valence-electron chi connectivity index (χ2n) is 6.33. The molecule has 3 rings (SSSR count). The predicted octanol–water partition coefficient (Wildman–Crippen LogP) is 2.59. The lowest BCUT2D eigenvalue weighted by Crippen LogP contribution is -2.46. The molecule has 6 heteroatoms. The summed E-state index contributed by atoms with van der Waals surface area (Å²) >= 11 is 6.11. The monoisotopic (exact) mass is 335 g/mol. The smallest absolute Gasteiger partial charge is 0.138 e. The van der Waals surface area contributed by atoms with Crippen LogP contribution >= 0.6 is 11.6 Å². The Bertz CT molecular complexity index is 706. The van der Waals surface area contributed by atoms with Crippen LogP contribution in [-0.2, 0) is 0 Å². The summed E-state index contributed by atoms with van der Waals surface area (Å²) in [7, 11) is 0. The molecule has 0 amide bonds. The lowest BCUT2D eigenvalue weighted by Gasteiger charge is -2.40. The van der Waals surface area contributed by atoms with Gasteiger partial charge in [-0.15, -0.1) is 0 Å². The topological polar surface area (TPSA) is 69.5 Å². The second kappa shape index (κ2) is 6.59. The van der Waals surface area contributed by atoms with E-state index in [1.54, 1.807) is 6.20 Å². The molecule has 0 aliphatic carbocycles. The van der Waals surface area contributed by atoms with E-state index in [-0.39, 0.29) is 25.0 Å². The summed E-state index contributed by atoms with van der Waals surface area (Å²) in [6, 6.07) is 2.33. The predicted molar refractivity (Wildman–Crippen MR) is 92.0 cm³/mol. The van der Waals surface area contributed by atoms with Crippen LogP contribution in [-0.4, -0.2) is 46.0 Å². The Kier molecular flexibility index (Phi) is 4.71. The Morgan fingerprint density at radius 2 is 2.00 bits per heavy atom. The number of hydrogen-bond acceptors (Lipinski definition) is 5. The molecule has 0 saturated carbocycles. The van der Waals surface area contributed by atoms with Gasteiger partial charge in [0.25, 0.3) is 0 Å². The molecule has 23 heavy (non-hydrogen) atoms. The van der Waals surface area contributed by atoms with Gasteiger partial charge in [-0.25, -0.2) is 9.97 Å². The van der Waals surface area contributed by atoms with Crippen molar-refractivity contribution in [1.29, 1.82) is 0 Å². The van der Waals surface area contributed by atoms with Crippen molar-refractivity contribution in [2.45, 2.75) is 32.2 Å². The highest BCUT2D eigenvalue weighted by Gasteiger charge is 2.28. The van der Waals surface area contributed by atoms with Crippen LogP contribution in [0.1, 0.15) is 31.7 Å². The highest BCUT2D eigenvalue weighted by molar-refractivity contribution is 6.30. The van der Waals surface area contributed by atoms with E-state index in [2.05, 4.69) is 21.8 Å². The quantitative estimate of drug-likeness (QED) is 0.822. The average molecular weight is 336 g/mol. The summed E-state index contributed by atoms with van der Waals surface area (Å²) < 4.78 is 0. The minimum absolute atomic E-state index is 0.0265. The maximum atomic E-state index is 9.48. The zero-order valence-electron chi connectivity index (χ0n) is 13.4. The second-order valence-corrected chi connectivity index (χ2v) is 6.72. The molecule has 1 aliphatic heterocycles. The first-order chi connectivity index (χ1) is 11.1. The molecule has 1 unspecified atom stereocenters. The standard InChI is InChI=1S/C17H22ClN3O2/c1-10-3-4-21(10)17-15-7-19-16(18)5-13(15)14(6-20-17)11(2)12(8-22)9-23/h5-7,10-12,22-23H,3-4,8-9H2,1-2H3/t10-,11?/m1/s1. The number of pyridine rings is 2. The molecule has 124 valence electrons. The average Bonchev–Trinajstić information content (AvgIpc) is 2.54. The molecule has 1 saturated heterocycles. The lowest BCUT2D eigenvalue weighted by molar-refractivity contribution is 0.134. The molecular formula is C17H22ClN3O2. The maximum absolute atomic E-state index is 9.48. The molecule has 2 aromatic heterocycles. The number of aliphatic hydroxyl groups is 2. The number of aromatic nitrogens is 2. The summed E-state index contributed by atoms with van der Waals surface area (Å²) in [6.45, 7) is 5.04. The summed E-state index contributed by atoms with van der Waals surface area (Å²) in [5.41, 5.74) is 0.981. The van der Waals surface area contributed by atoms with Crippen LogP contribution in [0.15, 0.2) is 18.5 Å². The maximum Gasteiger partial charge on any atom is 0.138 e. The Balaban J connectivity index is 2.13. The third-order valence-electron chi connectivity index (χ3n) is 5.01. The van der Waals surface area contributed by atoms with Gasteiger partial charge >= 0.3 is 0 Å².